The van der Waals surface area contributed by atoms with Crippen LogP contribution in [0.4, 0.5) is 0 Å². The molecule has 8 aromatic rings. The van der Waals surface area contributed by atoms with Gasteiger partial charge in [-0.1, -0.05) is 103 Å². The van der Waals surface area contributed by atoms with Crippen LogP contribution >= 0.6 is 11.3 Å². The molecule has 0 bridgehead atoms. The van der Waals surface area contributed by atoms with Crippen LogP contribution in [0.25, 0.3) is 71.1 Å². The lowest BCUT2D eigenvalue weighted by Crippen LogP contribution is -2.03. The van der Waals surface area contributed by atoms with Gasteiger partial charge in [0.25, 0.3) is 0 Å². The van der Waals surface area contributed by atoms with Crippen molar-refractivity contribution in [3.05, 3.63) is 127 Å². The molecule has 0 amide bonds. The van der Waals surface area contributed by atoms with E-state index in [1.807, 2.05) is 0 Å². The van der Waals surface area contributed by atoms with E-state index in [0.29, 0.717) is 5.95 Å². The monoisotopic (exact) mass is 503 g/mol. The Morgan fingerprint density at radius 1 is 0.500 bits per heavy atom. The van der Waals surface area contributed by atoms with Crippen LogP contribution in [0.2, 0.25) is 0 Å². The van der Waals surface area contributed by atoms with E-state index in [-0.39, 0.29) is 0 Å². The molecule has 0 aliphatic rings. The van der Waals surface area contributed by atoms with Crippen LogP contribution in [-0.2, 0) is 0 Å². The van der Waals surface area contributed by atoms with Gasteiger partial charge in [-0.2, -0.15) is 0 Å². The lowest BCUT2D eigenvalue weighted by atomic mass is 9.93. The Balaban J connectivity index is 1.45. The molecule has 0 aliphatic heterocycles. The summed E-state index contributed by atoms with van der Waals surface area (Å²) in [5.41, 5.74) is 7.63. The maximum absolute atomic E-state index is 5.31. The highest BCUT2D eigenvalue weighted by molar-refractivity contribution is 7.17. The van der Waals surface area contributed by atoms with Crippen molar-refractivity contribution < 1.29 is 0 Å². The summed E-state index contributed by atoms with van der Waals surface area (Å²) in [5.74, 6) is 0.691. The van der Waals surface area contributed by atoms with Crippen LogP contribution in [0, 0.1) is 0 Å². The molecule has 0 radical (unpaired) electrons. The molecule has 4 heteroatoms. The molecule has 0 saturated heterocycles. The van der Waals surface area contributed by atoms with Gasteiger partial charge in [0.05, 0.1) is 26.9 Å². The zero-order valence-corrected chi connectivity index (χ0v) is 21.2. The molecule has 0 unspecified atom stereocenters. The van der Waals surface area contributed by atoms with Gasteiger partial charge in [0.15, 0.2) is 0 Å². The Morgan fingerprint density at radius 3 is 1.89 bits per heavy atom. The molecule has 3 heterocycles. The molecule has 8 rings (SSSR count). The van der Waals surface area contributed by atoms with Crippen molar-refractivity contribution in [1.29, 1.82) is 0 Å². The number of para-hydroxylation sites is 2. The second kappa shape index (κ2) is 8.37. The van der Waals surface area contributed by atoms with E-state index in [0.717, 1.165) is 32.5 Å². The molecule has 0 N–H and O–H groups in total. The third-order valence-electron chi connectivity index (χ3n) is 7.33. The third kappa shape index (κ3) is 3.14. The molecular weight excluding hydrogens is 482 g/mol. The Labute approximate surface area is 223 Å². The van der Waals surface area contributed by atoms with Crippen LogP contribution in [0.5, 0.6) is 0 Å². The minimum Gasteiger partial charge on any atom is -0.278 e. The molecule has 0 aliphatic carbocycles. The lowest BCUT2D eigenvalue weighted by molar-refractivity contribution is 1.02. The summed E-state index contributed by atoms with van der Waals surface area (Å²) in [4.78, 5) is 10.4. The van der Waals surface area contributed by atoms with Crippen molar-refractivity contribution in [2.45, 2.75) is 0 Å². The first kappa shape index (κ1) is 21.3. The van der Waals surface area contributed by atoms with Crippen LogP contribution < -0.4 is 0 Å². The first-order chi connectivity index (χ1) is 18.9. The van der Waals surface area contributed by atoms with Crippen LogP contribution in [-0.4, -0.2) is 14.5 Å². The van der Waals surface area contributed by atoms with Gasteiger partial charge in [-0.25, -0.2) is 9.97 Å². The highest BCUT2D eigenvalue weighted by atomic mass is 32.1. The summed E-state index contributed by atoms with van der Waals surface area (Å²) in [6.45, 7) is 0. The average molecular weight is 504 g/mol. The normalized spacial score (nSPS) is 11.7. The fourth-order valence-electron chi connectivity index (χ4n) is 5.66. The second-order valence-electron chi connectivity index (χ2n) is 9.45. The van der Waals surface area contributed by atoms with Crippen LogP contribution in [0.15, 0.2) is 127 Å². The van der Waals surface area contributed by atoms with Gasteiger partial charge >= 0.3 is 0 Å². The van der Waals surface area contributed by atoms with E-state index in [1.165, 1.54) is 32.7 Å². The zero-order valence-electron chi connectivity index (χ0n) is 20.4. The molecular formula is C34H21N3S. The van der Waals surface area contributed by atoms with E-state index >= 15 is 0 Å². The largest absolute Gasteiger partial charge is 0.278 e. The Kier molecular flexibility index (Phi) is 4.69. The maximum atomic E-state index is 5.31. The lowest BCUT2D eigenvalue weighted by Gasteiger charge is -2.14. The second-order valence-corrected chi connectivity index (χ2v) is 10.4. The van der Waals surface area contributed by atoms with Crippen molar-refractivity contribution in [3.8, 4) is 28.3 Å². The van der Waals surface area contributed by atoms with Crippen molar-refractivity contribution in [2.75, 3.05) is 0 Å². The van der Waals surface area contributed by atoms with Crippen molar-refractivity contribution >= 4 is 54.1 Å². The van der Waals surface area contributed by atoms with E-state index in [2.05, 4.69) is 131 Å². The summed E-state index contributed by atoms with van der Waals surface area (Å²) >= 11 is 1.70. The standard InChI is InChI=1S/C34H21N3S/c1-2-12-23-22(10-1)11-9-17-24(23)25-13-3-4-16-28(25)32-33-29(20-21-38-33)35-34(36-32)37-30-18-7-5-14-26(30)27-15-6-8-19-31(27)37/h1-21H. The molecule has 5 aromatic carbocycles. The van der Waals surface area contributed by atoms with Gasteiger partial charge in [-0.05, 0) is 45.5 Å². The van der Waals surface area contributed by atoms with Crippen LogP contribution in [0.1, 0.15) is 0 Å². The van der Waals surface area contributed by atoms with E-state index in [4.69, 9.17) is 9.97 Å². The number of hydrogen-bond acceptors (Lipinski definition) is 3. The Bertz CT molecular complexity index is 2090. The number of aromatic nitrogens is 3. The van der Waals surface area contributed by atoms with Crippen molar-refractivity contribution in [2.24, 2.45) is 0 Å². The molecule has 0 atom stereocenters. The number of thiophene rings is 1. The molecule has 3 aromatic heterocycles. The molecule has 178 valence electrons. The number of nitrogens with zero attached hydrogens (tertiary/aromatic N) is 3. The molecule has 0 fully saturated rings. The van der Waals surface area contributed by atoms with E-state index in [1.54, 1.807) is 11.3 Å². The molecule has 0 spiro atoms. The first-order valence-corrected chi connectivity index (χ1v) is 13.6. The van der Waals surface area contributed by atoms with Gasteiger partial charge < -0.3 is 0 Å². The predicted molar refractivity (Wildman–Crippen MR) is 160 cm³/mol. The van der Waals surface area contributed by atoms with Crippen molar-refractivity contribution in [3.63, 3.8) is 0 Å². The SMILES string of the molecule is c1ccc(-c2nc(-n3c4ccccc4c4ccccc43)nc3ccsc23)c(-c2cccc3ccccc23)c1. The summed E-state index contributed by atoms with van der Waals surface area (Å²) in [6, 6.07) is 42.8. The first-order valence-electron chi connectivity index (χ1n) is 12.7. The minimum atomic E-state index is 0.691. The van der Waals surface area contributed by atoms with E-state index in [9.17, 15) is 0 Å². The summed E-state index contributed by atoms with van der Waals surface area (Å²) in [5, 5.41) is 6.99. The van der Waals surface area contributed by atoms with Gasteiger partial charge in [-0.3, -0.25) is 4.57 Å². The van der Waals surface area contributed by atoms with Gasteiger partial charge in [0.2, 0.25) is 5.95 Å². The Morgan fingerprint density at radius 2 is 1.11 bits per heavy atom. The topological polar surface area (TPSA) is 30.7 Å². The zero-order chi connectivity index (χ0) is 25.1. The Hall–Kier alpha value is -4.80. The average Bonchev–Trinajstić information content (AvgIpc) is 3.59. The molecule has 0 saturated carbocycles. The summed E-state index contributed by atoms with van der Waals surface area (Å²) in [6.07, 6.45) is 0. The number of hydrogen-bond donors (Lipinski definition) is 0. The summed E-state index contributed by atoms with van der Waals surface area (Å²) < 4.78 is 3.30. The van der Waals surface area contributed by atoms with Crippen molar-refractivity contribution in [1.82, 2.24) is 14.5 Å². The maximum Gasteiger partial charge on any atom is 0.235 e. The number of benzene rings is 5. The third-order valence-corrected chi connectivity index (χ3v) is 8.24. The number of rotatable bonds is 3. The smallest absolute Gasteiger partial charge is 0.235 e. The quantitative estimate of drug-likeness (QED) is 0.240. The highest BCUT2D eigenvalue weighted by Gasteiger charge is 2.19. The van der Waals surface area contributed by atoms with Gasteiger partial charge in [-0.15, -0.1) is 11.3 Å². The highest BCUT2D eigenvalue weighted by Crippen LogP contribution is 2.40. The fourth-order valence-corrected chi connectivity index (χ4v) is 6.49. The van der Waals surface area contributed by atoms with E-state index < -0.39 is 0 Å². The van der Waals surface area contributed by atoms with Gasteiger partial charge in [0, 0.05) is 16.3 Å². The predicted octanol–water partition coefficient (Wildman–Crippen LogP) is 9.28. The van der Waals surface area contributed by atoms with Crippen LogP contribution in [0.3, 0.4) is 0 Å². The minimum absolute atomic E-state index is 0.691. The molecule has 3 nitrogen and oxygen atoms in total. The molecule has 38 heavy (non-hydrogen) atoms. The number of fused-ring (bicyclic) bond motifs is 5. The van der Waals surface area contributed by atoms with Gasteiger partial charge in [0.1, 0.15) is 0 Å². The fraction of sp³-hybridized carbons (Fsp3) is 0. The summed E-state index contributed by atoms with van der Waals surface area (Å²) in [7, 11) is 0.